The highest BCUT2D eigenvalue weighted by Crippen LogP contribution is 2.34. The minimum atomic E-state index is -0.861. The second kappa shape index (κ2) is 8.82. The number of esters is 1. The van der Waals surface area contributed by atoms with Crippen LogP contribution in [-0.2, 0) is 15.1 Å². The van der Waals surface area contributed by atoms with Crippen molar-refractivity contribution in [3.05, 3.63) is 23.3 Å². The number of carbonyl (C=O) groups is 1. The number of ether oxygens (including phenoxy) is 1. The van der Waals surface area contributed by atoms with Crippen LogP contribution in [0.2, 0.25) is 0 Å². The molecule has 1 saturated heterocycles. The number of imidazole rings is 1. The van der Waals surface area contributed by atoms with Crippen LogP contribution in [0.5, 0.6) is 0 Å². The number of carbonyl (C=O) groups excluding carboxylic acids is 1. The summed E-state index contributed by atoms with van der Waals surface area (Å²) in [6, 6.07) is 2.16. The van der Waals surface area contributed by atoms with Crippen molar-refractivity contribution in [2.45, 2.75) is 72.4 Å². The van der Waals surface area contributed by atoms with Crippen LogP contribution in [-0.4, -0.2) is 46.0 Å². The molecule has 0 saturated carbocycles. The summed E-state index contributed by atoms with van der Waals surface area (Å²) in [5, 5.41) is 9.22. The molecule has 1 aromatic heterocycles. The molecule has 1 atom stereocenters. The average Bonchev–Trinajstić information content (AvgIpc) is 3.27. The maximum absolute atomic E-state index is 15.1. The van der Waals surface area contributed by atoms with Crippen molar-refractivity contribution in [1.29, 1.82) is 5.26 Å². The third-order valence-electron chi connectivity index (χ3n) is 5.51. The zero-order valence-electron chi connectivity index (χ0n) is 20.3. The Balaban J connectivity index is 2.19. The second-order valence-corrected chi connectivity index (χ2v) is 10.7. The van der Waals surface area contributed by atoms with E-state index in [-0.39, 0.29) is 34.3 Å². The third kappa shape index (κ3) is 5.22. The van der Waals surface area contributed by atoms with Crippen molar-refractivity contribution in [2.24, 2.45) is 10.4 Å². The number of rotatable bonds is 3. The van der Waals surface area contributed by atoms with Gasteiger partial charge >= 0.3 is 5.97 Å². The Morgan fingerprint density at radius 1 is 1.30 bits per heavy atom. The van der Waals surface area contributed by atoms with Crippen molar-refractivity contribution in [2.75, 3.05) is 13.6 Å². The lowest BCUT2D eigenvalue weighted by Crippen LogP contribution is -2.36. The first-order valence-corrected chi connectivity index (χ1v) is 11.0. The lowest BCUT2D eigenvalue weighted by molar-refractivity contribution is -0.140. The molecule has 0 spiro atoms. The van der Waals surface area contributed by atoms with E-state index >= 15 is 4.39 Å². The molecule has 7 nitrogen and oxygen atoms in total. The van der Waals surface area contributed by atoms with Gasteiger partial charge in [-0.05, 0) is 58.7 Å². The average molecular weight is 460 g/mol. The fourth-order valence-electron chi connectivity index (χ4n) is 4.01. The highest BCUT2D eigenvalue weighted by molar-refractivity contribution is 5.93. The largest absolute Gasteiger partial charge is 0.410 e. The van der Waals surface area contributed by atoms with Gasteiger partial charge in [0, 0.05) is 12.0 Å². The lowest BCUT2D eigenvalue weighted by atomic mass is 9.92. The van der Waals surface area contributed by atoms with E-state index < -0.39 is 28.7 Å². The van der Waals surface area contributed by atoms with Gasteiger partial charge in [0.05, 0.1) is 5.56 Å². The number of halogens is 2. The molecule has 0 N–H and O–H groups in total. The van der Waals surface area contributed by atoms with E-state index in [1.807, 2.05) is 32.7 Å². The number of aliphatic imine (C=N–C) groups is 1. The molecule has 178 valence electrons. The Bertz CT molecular complexity index is 1150. The van der Waals surface area contributed by atoms with Crippen molar-refractivity contribution in [3.63, 3.8) is 0 Å². The molecule has 0 bridgehead atoms. The van der Waals surface area contributed by atoms with Gasteiger partial charge < -0.3 is 9.30 Å². The number of nitriles is 1. The molecule has 1 unspecified atom stereocenters. The smallest absolute Gasteiger partial charge is 0.329 e. The summed E-state index contributed by atoms with van der Waals surface area (Å²) in [6.45, 7) is 12.1. The predicted molar refractivity (Wildman–Crippen MR) is 122 cm³/mol. The highest BCUT2D eigenvalue weighted by Gasteiger charge is 2.32. The fourth-order valence-corrected chi connectivity index (χ4v) is 4.01. The van der Waals surface area contributed by atoms with Gasteiger partial charge in [-0.15, -0.1) is 0 Å². The van der Waals surface area contributed by atoms with Gasteiger partial charge in [0.1, 0.15) is 23.1 Å². The van der Waals surface area contributed by atoms with Crippen molar-refractivity contribution in [1.82, 2.24) is 14.5 Å². The van der Waals surface area contributed by atoms with Crippen molar-refractivity contribution in [3.8, 4) is 6.07 Å². The van der Waals surface area contributed by atoms with E-state index in [9.17, 15) is 14.4 Å². The third-order valence-corrected chi connectivity index (χ3v) is 5.51. The molecule has 1 aliphatic heterocycles. The van der Waals surface area contributed by atoms with Crippen LogP contribution < -0.4 is 0 Å². The van der Waals surface area contributed by atoms with E-state index in [1.165, 1.54) is 4.57 Å². The number of likely N-dealkylation sites (N-methyl/N-ethyl adjacent to an activating group) is 1. The number of likely N-dealkylation sites (tertiary alicyclic amines) is 1. The molecule has 0 amide bonds. The minimum Gasteiger partial charge on any atom is -0.410 e. The summed E-state index contributed by atoms with van der Waals surface area (Å²) >= 11 is 0. The highest BCUT2D eigenvalue weighted by atomic mass is 19.1. The van der Waals surface area contributed by atoms with Crippen molar-refractivity contribution < 1.29 is 18.3 Å². The summed E-state index contributed by atoms with van der Waals surface area (Å²) in [6.07, 6.45) is 1.92. The van der Waals surface area contributed by atoms with E-state index in [0.29, 0.717) is 12.8 Å². The second-order valence-electron chi connectivity index (χ2n) is 10.7. The zero-order valence-corrected chi connectivity index (χ0v) is 20.3. The topological polar surface area (TPSA) is 83.5 Å². The maximum atomic E-state index is 15.1. The van der Waals surface area contributed by atoms with Crippen LogP contribution in [0.3, 0.4) is 0 Å². The molecule has 9 heteroatoms. The molecule has 33 heavy (non-hydrogen) atoms. The Morgan fingerprint density at radius 2 is 1.97 bits per heavy atom. The van der Waals surface area contributed by atoms with Gasteiger partial charge in [-0.2, -0.15) is 10.3 Å². The summed E-state index contributed by atoms with van der Waals surface area (Å²) in [7, 11) is 1.87. The normalized spacial score (nSPS) is 18.1. The van der Waals surface area contributed by atoms with Gasteiger partial charge in [0.2, 0.25) is 11.8 Å². The number of benzene rings is 1. The summed E-state index contributed by atoms with van der Waals surface area (Å²) in [5.74, 6) is -1.93. The van der Waals surface area contributed by atoms with Gasteiger partial charge in [0.25, 0.3) is 0 Å². The van der Waals surface area contributed by atoms with E-state index in [1.54, 1.807) is 26.8 Å². The van der Waals surface area contributed by atoms with Crippen LogP contribution in [0.15, 0.2) is 11.1 Å². The summed E-state index contributed by atoms with van der Waals surface area (Å²) in [4.78, 5) is 23.6. The molecule has 2 heterocycles. The molecule has 1 fully saturated rings. The SMILES string of the molecule is CN1CCCC1C(=O)O/C(CC(C)(C)C)=N\c1nc2c(F)cc(C#N)c(F)c2n1C(C)(C)C. The number of hydrogen-bond acceptors (Lipinski definition) is 6. The number of hydrogen-bond donors (Lipinski definition) is 0. The summed E-state index contributed by atoms with van der Waals surface area (Å²) in [5.41, 5.74) is -1.81. The van der Waals surface area contributed by atoms with Crippen LogP contribution in [0.4, 0.5) is 14.7 Å². The van der Waals surface area contributed by atoms with Gasteiger partial charge in [-0.25, -0.2) is 18.6 Å². The molecule has 3 rings (SSSR count). The van der Waals surface area contributed by atoms with E-state index in [2.05, 4.69) is 9.98 Å². The Kier molecular flexibility index (Phi) is 6.62. The molecule has 1 aromatic carbocycles. The van der Waals surface area contributed by atoms with Crippen LogP contribution in [0, 0.1) is 28.4 Å². The molecule has 1 aliphatic rings. The first kappa shape index (κ1) is 24.8. The van der Waals surface area contributed by atoms with Crippen LogP contribution in [0.1, 0.15) is 66.4 Å². The fraction of sp³-hybridized carbons (Fsp3) is 0.583. The number of fused-ring (bicyclic) bond motifs is 1. The molecule has 2 aromatic rings. The van der Waals surface area contributed by atoms with Gasteiger partial charge in [-0.1, -0.05) is 20.8 Å². The quantitative estimate of drug-likeness (QED) is 0.365. The van der Waals surface area contributed by atoms with Crippen molar-refractivity contribution >= 4 is 28.8 Å². The zero-order chi connectivity index (χ0) is 24.7. The monoisotopic (exact) mass is 459 g/mol. The molecular formula is C24H31F2N5O2. The Morgan fingerprint density at radius 3 is 2.48 bits per heavy atom. The van der Waals surface area contributed by atoms with E-state index in [0.717, 1.165) is 19.0 Å². The lowest BCUT2D eigenvalue weighted by Gasteiger charge is -2.25. The number of aromatic nitrogens is 2. The van der Waals surface area contributed by atoms with Crippen LogP contribution in [0.25, 0.3) is 11.0 Å². The first-order valence-electron chi connectivity index (χ1n) is 11.0. The Hall–Kier alpha value is -2.86. The standard InChI is InChI=1S/C24H31F2N5O2/c1-23(2,3)12-17(33-21(32)16-9-8-10-30(16)7)28-22-29-19-15(25)11-14(13-27)18(26)20(19)31(22)24(4,5)6/h11,16H,8-10,12H2,1-7H3/b28-17-. The number of nitrogens with zero attached hydrogens (tertiary/aromatic N) is 5. The van der Waals surface area contributed by atoms with E-state index in [4.69, 9.17) is 4.74 Å². The summed E-state index contributed by atoms with van der Waals surface area (Å²) < 4.78 is 37.0. The maximum Gasteiger partial charge on any atom is 0.329 e. The van der Waals surface area contributed by atoms with Crippen LogP contribution >= 0.6 is 0 Å². The molecular weight excluding hydrogens is 428 g/mol. The Labute approximate surface area is 193 Å². The van der Waals surface area contributed by atoms with Gasteiger partial charge in [0.15, 0.2) is 11.6 Å². The van der Waals surface area contributed by atoms with Gasteiger partial charge in [-0.3, -0.25) is 4.90 Å². The molecule has 0 radical (unpaired) electrons. The minimum absolute atomic E-state index is 0.0113. The first-order chi connectivity index (χ1) is 15.2. The molecule has 0 aliphatic carbocycles. The predicted octanol–water partition coefficient (Wildman–Crippen LogP) is 5.04.